The molecule has 0 fully saturated rings. The zero-order chi connectivity index (χ0) is 13.8. The Bertz CT molecular complexity index is 593. The molecule has 1 N–H and O–H groups in total. The lowest BCUT2D eigenvalue weighted by Gasteiger charge is -2.19. The van der Waals surface area contributed by atoms with Crippen LogP contribution in [-0.2, 0) is 11.2 Å². The quantitative estimate of drug-likeness (QED) is 0.916. The molecule has 0 saturated heterocycles. The van der Waals surface area contributed by atoms with Crippen molar-refractivity contribution in [2.45, 2.75) is 13.3 Å². The number of carbonyl (C=O) groups is 1. The number of phenolic OH excluding ortho intramolecular Hbond substituents is 1. The van der Waals surface area contributed by atoms with Crippen LogP contribution in [0.4, 0.5) is 5.69 Å². The molecule has 0 bridgehead atoms. The molecule has 0 atom stereocenters. The van der Waals surface area contributed by atoms with Crippen LogP contribution >= 0.6 is 0 Å². The van der Waals surface area contributed by atoms with Gasteiger partial charge in [-0.2, -0.15) is 0 Å². The number of phenols is 1. The van der Waals surface area contributed by atoms with Crippen LogP contribution in [0.1, 0.15) is 11.1 Å². The van der Waals surface area contributed by atoms with Crippen molar-refractivity contribution in [3.05, 3.63) is 59.7 Å². The number of aromatic hydroxyl groups is 1. The molecule has 0 aromatic heterocycles. The Balaban J connectivity index is 2.14. The summed E-state index contributed by atoms with van der Waals surface area (Å²) in [5.74, 6) is 0.184. The fraction of sp³-hybridized carbons (Fsp3) is 0.188. The smallest absolute Gasteiger partial charge is 0.231 e. The Hall–Kier alpha value is -2.29. The van der Waals surface area contributed by atoms with E-state index in [-0.39, 0.29) is 18.1 Å². The Morgan fingerprint density at radius 3 is 2.58 bits per heavy atom. The second kappa shape index (κ2) is 5.57. The lowest BCUT2D eigenvalue weighted by atomic mass is 10.1. The number of hydrogen-bond donors (Lipinski definition) is 1. The molecule has 0 unspecified atom stereocenters. The van der Waals surface area contributed by atoms with E-state index in [2.05, 4.69) is 0 Å². The molecule has 0 spiro atoms. The van der Waals surface area contributed by atoms with Gasteiger partial charge in [0.1, 0.15) is 5.75 Å². The largest absolute Gasteiger partial charge is 0.508 e. The van der Waals surface area contributed by atoms with E-state index in [1.165, 1.54) is 0 Å². The summed E-state index contributed by atoms with van der Waals surface area (Å²) in [6.07, 6.45) is 0.277. The van der Waals surface area contributed by atoms with E-state index in [4.69, 9.17) is 0 Å². The Kier molecular flexibility index (Phi) is 3.85. The molecule has 3 heteroatoms. The third kappa shape index (κ3) is 3.13. The predicted octanol–water partition coefficient (Wildman–Crippen LogP) is 2.91. The first kappa shape index (κ1) is 13.1. The molecule has 0 heterocycles. The number of hydrogen-bond acceptors (Lipinski definition) is 2. The molecule has 0 aliphatic carbocycles. The second-order valence-corrected chi connectivity index (χ2v) is 4.59. The summed E-state index contributed by atoms with van der Waals surface area (Å²) in [7, 11) is 1.77. The highest BCUT2D eigenvalue weighted by Gasteiger charge is 2.13. The molecule has 98 valence electrons. The normalized spacial score (nSPS) is 10.2. The first-order chi connectivity index (χ1) is 9.08. The fourth-order valence-electron chi connectivity index (χ4n) is 2.03. The van der Waals surface area contributed by atoms with Gasteiger partial charge in [0.25, 0.3) is 0 Å². The Morgan fingerprint density at radius 2 is 1.89 bits per heavy atom. The molecule has 0 saturated carbocycles. The molecular formula is C16H17NO2. The minimum Gasteiger partial charge on any atom is -0.508 e. The average molecular weight is 255 g/mol. The summed E-state index contributed by atoms with van der Waals surface area (Å²) < 4.78 is 0. The standard InChI is InChI=1S/C16H17NO2/c1-12-6-3-4-9-15(12)17(2)16(19)11-13-7-5-8-14(18)10-13/h3-10,18H,11H2,1-2H3. The van der Waals surface area contributed by atoms with E-state index in [1.807, 2.05) is 37.3 Å². The lowest BCUT2D eigenvalue weighted by Crippen LogP contribution is -2.28. The van der Waals surface area contributed by atoms with Gasteiger partial charge in [-0.3, -0.25) is 4.79 Å². The monoisotopic (exact) mass is 255 g/mol. The summed E-state index contributed by atoms with van der Waals surface area (Å²) in [5, 5.41) is 9.40. The van der Waals surface area contributed by atoms with Crippen molar-refractivity contribution in [2.75, 3.05) is 11.9 Å². The first-order valence-electron chi connectivity index (χ1n) is 6.18. The SMILES string of the molecule is Cc1ccccc1N(C)C(=O)Cc1cccc(O)c1. The number of carbonyl (C=O) groups excluding carboxylic acids is 1. The Labute approximate surface area is 113 Å². The van der Waals surface area contributed by atoms with Crippen molar-refractivity contribution >= 4 is 11.6 Å². The number of anilines is 1. The van der Waals surface area contributed by atoms with Gasteiger partial charge in [-0.1, -0.05) is 30.3 Å². The minimum absolute atomic E-state index is 0.0000926. The van der Waals surface area contributed by atoms with Crippen molar-refractivity contribution in [1.82, 2.24) is 0 Å². The van der Waals surface area contributed by atoms with E-state index in [0.29, 0.717) is 0 Å². The highest BCUT2D eigenvalue weighted by atomic mass is 16.3. The van der Waals surface area contributed by atoms with E-state index < -0.39 is 0 Å². The van der Waals surface area contributed by atoms with Crippen LogP contribution in [0.3, 0.4) is 0 Å². The number of para-hydroxylation sites is 1. The van der Waals surface area contributed by atoms with Gasteiger partial charge < -0.3 is 10.0 Å². The van der Waals surface area contributed by atoms with Gasteiger partial charge in [-0.05, 0) is 36.2 Å². The summed E-state index contributed by atoms with van der Waals surface area (Å²) in [4.78, 5) is 13.9. The van der Waals surface area contributed by atoms with Gasteiger partial charge in [0, 0.05) is 12.7 Å². The maximum atomic E-state index is 12.2. The van der Waals surface area contributed by atoms with Gasteiger partial charge >= 0.3 is 0 Å². The molecule has 1 amide bonds. The highest BCUT2D eigenvalue weighted by Crippen LogP contribution is 2.19. The van der Waals surface area contributed by atoms with E-state index in [0.717, 1.165) is 16.8 Å². The van der Waals surface area contributed by atoms with Crippen molar-refractivity contribution in [2.24, 2.45) is 0 Å². The predicted molar refractivity (Wildman–Crippen MR) is 76.4 cm³/mol. The molecule has 0 aliphatic rings. The summed E-state index contributed by atoms with van der Waals surface area (Å²) in [5.41, 5.74) is 2.78. The molecule has 3 nitrogen and oxygen atoms in total. The van der Waals surface area contributed by atoms with E-state index in [9.17, 15) is 9.90 Å². The summed E-state index contributed by atoms with van der Waals surface area (Å²) >= 11 is 0. The van der Waals surface area contributed by atoms with Gasteiger partial charge in [-0.25, -0.2) is 0 Å². The third-order valence-corrected chi connectivity index (χ3v) is 3.12. The molecular weight excluding hydrogens is 238 g/mol. The van der Waals surface area contributed by atoms with Crippen LogP contribution in [0.2, 0.25) is 0 Å². The van der Waals surface area contributed by atoms with Crippen LogP contribution in [0.25, 0.3) is 0 Å². The summed E-state index contributed by atoms with van der Waals surface area (Å²) in [6.45, 7) is 1.98. The lowest BCUT2D eigenvalue weighted by molar-refractivity contribution is -0.117. The molecule has 2 aromatic carbocycles. The van der Waals surface area contributed by atoms with E-state index in [1.54, 1.807) is 30.1 Å². The second-order valence-electron chi connectivity index (χ2n) is 4.59. The molecule has 0 radical (unpaired) electrons. The molecule has 0 aliphatic heterocycles. The molecule has 2 rings (SSSR count). The molecule has 19 heavy (non-hydrogen) atoms. The number of aryl methyl sites for hydroxylation is 1. The van der Waals surface area contributed by atoms with Crippen LogP contribution in [0.15, 0.2) is 48.5 Å². The zero-order valence-corrected chi connectivity index (χ0v) is 11.1. The number of likely N-dealkylation sites (N-methyl/N-ethyl adjacent to an activating group) is 1. The topological polar surface area (TPSA) is 40.5 Å². The van der Waals surface area contributed by atoms with Crippen LogP contribution in [-0.4, -0.2) is 18.1 Å². The van der Waals surface area contributed by atoms with Crippen molar-refractivity contribution < 1.29 is 9.90 Å². The van der Waals surface area contributed by atoms with Crippen LogP contribution in [0.5, 0.6) is 5.75 Å². The summed E-state index contributed by atoms with van der Waals surface area (Å²) in [6, 6.07) is 14.6. The Morgan fingerprint density at radius 1 is 1.16 bits per heavy atom. The van der Waals surface area contributed by atoms with Gasteiger partial charge in [-0.15, -0.1) is 0 Å². The maximum Gasteiger partial charge on any atom is 0.231 e. The third-order valence-electron chi connectivity index (χ3n) is 3.12. The average Bonchev–Trinajstić information content (AvgIpc) is 2.38. The van der Waals surface area contributed by atoms with Gasteiger partial charge in [0.05, 0.1) is 6.42 Å². The fourth-order valence-corrected chi connectivity index (χ4v) is 2.03. The zero-order valence-electron chi connectivity index (χ0n) is 11.1. The van der Waals surface area contributed by atoms with Crippen molar-refractivity contribution in [1.29, 1.82) is 0 Å². The van der Waals surface area contributed by atoms with Crippen LogP contribution in [0, 0.1) is 6.92 Å². The number of amides is 1. The van der Waals surface area contributed by atoms with Crippen molar-refractivity contribution in [3.8, 4) is 5.75 Å². The van der Waals surface area contributed by atoms with Gasteiger partial charge in [0.2, 0.25) is 5.91 Å². The maximum absolute atomic E-state index is 12.2. The van der Waals surface area contributed by atoms with Crippen LogP contribution < -0.4 is 4.90 Å². The highest BCUT2D eigenvalue weighted by molar-refractivity contribution is 5.94. The first-order valence-corrected chi connectivity index (χ1v) is 6.18. The minimum atomic E-state index is -0.0000926. The number of nitrogens with zero attached hydrogens (tertiary/aromatic N) is 1. The van der Waals surface area contributed by atoms with Crippen molar-refractivity contribution in [3.63, 3.8) is 0 Å². The van der Waals surface area contributed by atoms with Gasteiger partial charge in [0.15, 0.2) is 0 Å². The number of rotatable bonds is 3. The number of benzene rings is 2. The molecule has 2 aromatic rings. The van der Waals surface area contributed by atoms with E-state index >= 15 is 0 Å².